The minimum Gasteiger partial charge on any atom is -0.369 e. The second-order valence-electron chi connectivity index (χ2n) is 7.84. The number of rotatable bonds is 7. The Kier molecular flexibility index (Phi) is 7.23. The van der Waals surface area contributed by atoms with Crippen LogP contribution in [0.25, 0.3) is 0 Å². The third-order valence-corrected chi connectivity index (χ3v) is 8.84. The van der Waals surface area contributed by atoms with E-state index in [4.69, 9.17) is 0 Å². The van der Waals surface area contributed by atoms with Crippen molar-refractivity contribution in [2.75, 3.05) is 56.2 Å². The van der Waals surface area contributed by atoms with E-state index >= 15 is 0 Å². The van der Waals surface area contributed by atoms with E-state index in [1.807, 2.05) is 25.1 Å². The summed E-state index contributed by atoms with van der Waals surface area (Å²) >= 11 is 0. The molecule has 2 aromatic rings. The summed E-state index contributed by atoms with van der Waals surface area (Å²) in [5, 5.41) is 2.52. The van der Waals surface area contributed by atoms with Crippen LogP contribution in [0.2, 0.25) is 0 Å². The average molecular weight is 481 g/mol. The first-order valence-electron chi connectivity index (χ1n) is 10.1. The molecule has 1 amide bonds. The maximum atomic E-state index is 12.7. The van der Waals surface area contributed by atoms with Crippen LogP contribution in [0.15, 0.2) is 53.4 Å². The van der Waals surface area contributed by atoms with Crippen LogP contribution < -0.4 is 10.2 Å². The van der Waals surface area contributed by atoms with Crippen LogP contribution in [0.4, 0.5) is 11.4 Å². The van der Waals surface area contributed by atoms with Crippen LogP contribution >= 0.6 is 0 Å². The number of benzene rings is 2. The Bertz CT molecular complexity index is 1170. The molecule has 0 bridgehead atoms. The smallest absolute Gasteiger partial charge is 0.242 e. The lowest BCUT2D eigenvalue weighted by Gasteiger charge is -2.35. The number of nitrogens with zero attached hydrogens (tertiary/aromatic N) is 3. The van der Waals surface area contributed by atoms with E-state index in [1.54, 1.807) is 0 Å². The van der Waals surface area contributed by atoms with Gasteiger partial charge in [0.15, 0.2) is 0 Å². The quantitative estimate of drug-likeness (QED) is 0.641. The maximum absolute atomic E-state index is 12.7. The van der Waals surface area contributed by atoms with E-state index < -0.39 is 31.7 Å². The highest BCUT2D eigenvalue weighted by atomic mass is 32.2. The predicted octanol–water partition coefficient (Wildman–Crippen LogP) is 1.34. The van der Waals surface area contributed by atoms with E-state index in [1.165, 1.54) is 42.7 Å². The van der Waals surface area contributed by atoms with Crippen LogP contribution in [-0.4, -0.2) is 77.4 Å². The summed E-state index contributed by atoms with van der Waals surface area (Å²) in [4.78, 5) is 14.5. The molecule has 1 heterocycles. The number of carbonyl (C=O) groups excluding carboxylic acids is 1. The van der Waals surface area contributed by atoms with Crippen molar-refractivity contribution in [1.82, 2.24) is 8.61 Å². The van der Waals surface area contributed by atoms with Crippen molar-refractivity contribution < 1.29 is 21.6 Å². The van der Waals surface area contributed by atoms with Crippen LogP contribution in [0, 0.1) is 6.92 Å². The molecule has 0 atom stereocenters. The fourth-order valence-corrected chi connectivity index (χ4v) is 5.63. The van der Waals surface area contributed by atoms with Gasteiger partial charge in [-0.1, -0.05) is 12.1 Å². The van der Waals surface area contributed by atoms with E-state index in [2.05, 4.69) is 16.3 Å². The largest absolute Gasteiger partial charge is 0.369 e. The molecule has 2 aromatic carbocycles. The number of carbonyl (C=O) groups is 1. The summed E-state index contributed by atoms with van der Waals surface area (Å²) in [5.74, 6) is -1.34. The summed E-state index contributed by atoms with van der Waals surface area (Å²) in [7, 11) is -4.49. The van der Waals surface area contributed by atoms with E-state index in [9.17, 15) is 21.6 Å². The molecule has 9 nitrogen and oxygen atoms in total. The Balaban J connectivity index is 1.57. The highest BCUT2D eigenvalue weighted by molar-refractivity contribution is 7.89. The third kappa shape index (κ3) is 5.66. The van der Waals surface area contributed by atoms with E-state index in [0.717, 1.165) is 15.6 Å². The number of hydrogen-bond acceptors (Lipinski definition) is 6. The molecule has 0 saturated carbocycles. The molecule has 1 aliphatic heterocycles. The van der Waals surface area contributed by atoms with Gasteiger partial charge in [0.1, 0.15) is 5.75 Å². The van der Waals surface area contributed by atoms with Gasteiger partial charge < -0.3 is 10.2 Å². The van der Waals surface area contributed by atoms with Gasteiger partial charge in [-0.15, -0.1) is 0 Å². The van der Waals surface area contributed by atoms with Crippen LogP contribution in [-0.2, 0) is 24.8 Å². The molecular weight excluding hydrogens is 452 g/mol. The number of nitrogens with one attached hydrogen (secondary N) is 1. The summed E-state index contributed by atoms with van der Waals surface area (Å²) in [6.07, 6.45) is 0. The summed E-state index contributed by atoms with van der Waals surface area (Å²) < 4.78 is 52.1. The van der Waals surface area contributed by atoms with Crippen molar-refractivity contribution in [3.63, 3.8) is 0 Å². The number of piperazine rings is 1. The van der Waals surface area contributed by atoms with Gasteiger partial charge in [-0.05, 0) is 48.9 Å². The maximum Gasteiger partial charge on any atom is 0.242 e. The molecule has 1 N–H and O–H groups in total. The fraction of sp³-hybridized carbons (Fsp3) is 0.381. The zero-order valence-electron chi connectivity index (χ0n) is 18.4. The molecule has 1 aliphatic rings. The number of hydrogen-bond donors (Lipinski definition) is 1. The average Bonchev–Trinajstić information content (AvgIpc) is 2.73. The minimum absolute atomic E-state index is 0.0830. The SMILES string of the molecule is Cc1cccc(N2CCN(S(=O)(=O)CC(=O)Nc3ccc(S(=O)(=O)N(C)C)cc3)CC2)c1. The topological polar surface area (TPSA) is 107 Å². The standard InChI is InChI=1S/C21H28N4O5S2/c1-17-5-4-6-19(15-17)24-11-13-25(14-12-24)31(27,28)16-21(26)22-18-7-9-20(10-8-18)32(29,30)23(2)3/h4-10,15H,11-14,16H2,1-3H3,(H,22,26). The van der Waals surface area contributed by atoms with Crippen LogP contribution in [0.5, 0.6) is 0 Å². The molecule has 0 radical (unpaired) electrons. The number of amides is 1. The normalized spacial score (nSPS) is 15.7. The zero-order chi connectivity index (χ0) is 23.5. The molecule has 0 aromatic heterocycles. The Hall–Kier alpha value is -2.47. The molecule has 0 spiro atoms. The van der Waals surface area contributed by atoms with E-state index in [-0.39, 0.29) is 4.90 Å². The summed E-state index contributed by atoms with van der Waals surface area (Å²) in [6, 6.07) is 13.6. The monoisotopic (exact) mass is 480 g/mol. The first-order valence-corrected chi connectivity index (χ1v) is 13.2. The Morgan fingerprint density at radius 2 is 1.59 bits per heavy atom. The molecule has 3 rings (SSSR count). The van der Waals surface area contributed by atoms with Crippen LogP contribution in [0.1, 0.15) is 5.56 Å². The molecule has 1 fully saturated rings. The molecule has 1 saturated heterocycles. The van der Waals surface area contributed by atoms with Crippen molar-refractivity contribution in [3.05, 3.63) is 54.1 Å². The first kappa shape index (κ1) is 24.2. The highest BCUT2D eigenvalue weighted by Crippen LogP contribution is 2.20. The lowest BCUT2D eigenvalue weighted by Crippen LogP contribution is -2.50. The van der Waals surface area contributed by atoms with Gasteiger partial charge in [-0.25, -0.2) is 21.1 Å². The molecule has 32 heavy (non-hydrogen) atoms. The van der Waals surface area contributed by atoms with Gasteiger partial charge in [0.05, 0.1) is 4.90 Å². The van der Waals surface area contributed by atoms with Crippen molar-refractivity contribution in [3.8, 4) is 0 Å². The number of anilines is 2. The first-order chi connectivity index (χ1) is 15.0. The second-order valence-corrected chi connectivity index (χ2v) is 12.0. The van der Waals surface area contributed by atoms with Gasteiger partial charge >= 0.3 is 0 Å². The van der Waals surface area contributed by atoms with Crippen molar-refractivity contribution in [2.24, 2.45) is 0 Å². The minimum atomic E-state index is -3.77. The molecular formula is C21H28N4O5S2. The fourth-order valence-electron chi connectivity index (χ4n) is 3.42. The Morgan fingerprint density at radius 3 is 2.16 bits per heavy atom. The van der Waals surface area contributed by atoms with Gasteiger partial charge in [-0.2, -0.15) is 4.31 Å². The third-order valence-electron chi connectivity index (χ3n) is 5.23. The molecule has 0 unspecified atom stereocenters. The van der Waals surface area contributed by atoms with Crippen LogP contribution in [0.3, 0.4) is 0 Å². The lowest BCUT2D eigenvalue weighted by atomic mass is 10.2. The lowest BCUT2D eigenvalue weighted by molar-refractivity contribution is -0.113. The zero-order valence-corrected chi connectivity index (χ0v) is 20.0. The van der Waals surface area contributed by atoms with Crippen molar-refractivity contribution in [1.29, 1.82) is 0 Å². The van der Waals surface area contributed by atoms with E-state index in [0.29, 0.717) is 31.9 Å². The van der Waals surface area contributed by atoms with Crippen molar-refractivity contribution in [2.45, 2.75) is 11.8 Å². The van der Waals surface area contributed by atoms with Gasteiger partial charge in [0.25, 0.3) is 0 Å². The number of aryl methyl sites for hydroxylation is 1. The Morgan fingerprint density at radius 1 is 0.969 bits per heavy atom. The predicted molar refractivity (Wildman–Crippen MR) is 125 cm³/mol. The molecule has 0 aliphatic carbocycles. The molecule has 174 valence electrons. The molecule has 11 heteroatoms. The van der Waals surface area contributed by atoms with Gasteiger partial charge in [-0.3, -0.25) is 4.79 Å². The highest BCUT2D eigenvalue weighted by Gasteiger charge is 2.29. The van der Waals surface area contributed by atoms with Gasteiger partial charge in [0, 0.05) is 51.6 Å². The summed E-state index contributed by atoms with van der Waals surface area (Å²) in [5.41, 5.74) is 2.52. The number of sulfonamides is 2. The van der Waals surface area contributed by atoms with Gasteiger partial charge in [0.2, 0.25) is 26.0 Å². The summed E-state index contributed by atoms with van der Waals surface area (Å²) in [6.45, 7) is 3.72. The second kappa shape index (κ2) is 9.57. The Labute approximate surface area is 189 Å². The van der Waals surface area contributed by atoms with Crippen molar-refractivity contribution >= 4 is 37.3 Å².